The molecule has 0 bridgehead atoms. The fourth-order valence-corrected chi connectivity index (χ4v) is 4.19. The van der Waals surface area contributed by atoms with Crippen molar-refractivity contribution in [1.29, 1.82) is 0 Å². The number of rotatable bonds is 8. The highest BCUT2D eigenvalue weighted by Gasteiger charge is 2.37. The van der Waals surface area contributed by atoms with E-state index in [2.05, 4.69) is 10.6 Å². The van der Waals surface area contributed by atoms with E-state index >= 15 is 0 Å². The highest BCUT2D eigenvalue weighted by atomic mass is 16.6. The molecule has 0 aromatic heterocycles. The molecule has 3 amide bonds. The third kappa shape index (κ3) is 9.23. The van der Waals surface area contributed by atoms with Crippen LogP contribution in [0.2, 0.25) is 0 Å². The second-order valence-corrected chi connectivity index (χ2v) is 11.5. The molecule has 2 rings (SSSR count). The van der Waals surface area contributed by atoms with Gasteiger partial charge in [0, 0.05) is 18.5 Å². The zero-order chi connectivity index (χ0) is 28.0. The topological polar surface area (TPSA) is 87.7 Å². The molecule has 7 heteroatoms. The number of hydrogen-bond donors (Lipinski definition) is 2. The number of ether oxygens (including phenoxy) is 1. The Kier molecular flexibility index (Phi) is 9.90. The Bertz CT molecular complexity index is 1080. The molecule has 0 fully saturated rings. The molecule has 0 spiro atoms. The van der Waals surface area contributed by atoms with Crippen LogP contribution in [0.5, 0.6) is 0 Å². The number of alkyl carbamates (subject to hydrolysis) is 1. The maximum absolute atomic E-state index is 14.1. The van der Waals surface area contributed by atoms with Crippen molar-refractivity contribution >= 4 is 17.9 Å². The number of amides is 3. The molecule has 0 aliphatic carbocycles. The van der Waals surface area contributed by atoms with Gasteiger partial charge in [-0.2, -0.15) is 0 Å². The molecule has 2 aromatic carbocycles. The summed E-state index contributed by atoms with van der Waals surface area (Å²) in [5.74, 6) is -0.628. The lowest BCUT2D eigenvalue weighted by Crippen LogP contribution is -2.55. The minimum Gasteiger partial charge on any atom is -0.444 e. The smallest absolute Gasteiger partial charge is 0.408 e. The monoisotopic (exact) mass is 509 g/mol. The van der Waals surface area contributed by atoms with E-state index in [9.17, 15) is 14.4 Å². The Hall–Kier alpha value is -3.35. The highest BCUT2D eigenvalue weighted by Crippen LogP contribution is 2.27. The summed E-state index contributed by atoms with van der Waals surface area (Å²) < 4.78 is 5.46. The summed E-state index contributed by atoms with van der Waals surface area (Å²) in [7, 11) is 0. The van der Waals surface area contributed by atoms with Crippen molar-refractivity contribution in [3.63, 3.8) is 0 Å². The lowest BCUT2D eigenvalue weighted by atomic mass is 9.95. The van der Waals surface area contributed by atoms with Gasteiger partial charge in [0.05, 0.1) is 0 Å². The molecular formula is C30H43N3O4. The summed E-state index contributed by atoms with van der Waals surface area (Å²) in [5.41, 5.74) is 2.41. The fourth-order valence-electron chi connectivity index (χ4n) is 4.19. The minimum atomic E-state index is -0.923. The second kappa shape index (κ2) is 12.3. The molecule has 37 heavy (non-hydrogen) atoms. The van der Waals surface area contributed by atoms with Crippen LogP contribution in [0.3, 0.4) is 0 Å². The number of hydrogen-bond acceptors (Lipinski definition) is 4. The van der Waals surface area contributed by atoms with Crippen LogP contribution >= 0.6 is 0 Å². The zero-order valence-corrected chi connectivity index (χ0v) is 23.8. The summed E-state index contributed by atoms with van der Waals surface area (Å²) in [5, 5.41) is 5.81. The van der Waals surface area contributed by atoms with Crippen molar-refractivity contribution in [2.45, 2.75) is 92.0 Å². The quantitative estimate of drug-likeness (QED) is 0.509. The standard InChI is InChI=1S/C30H43N3O4/c1-10-33(25(26(34)32-29(4,5)6)23-17-16-20(2)18-21(23)3)27(35)24(19-22-14-12-11-13-15-22)31-28(36)37-30(7,8)9/h11-18,24-25H,10,19H2,1-9H3,(H,31,36)(H,32,34). The van der Waals surface area contributed by atoms with Crippen LogP contribution < -0.4 is 10.6 Å². The third-order valence-electron chi connectivity index (χ3n) is 5.67. The van der Waals surface area contributed by atoms with Crippen LogP contribution in [0, 0.1) is 13.8 Å². The van der Waals surface area contributed by atoms with E-state index in [1.54, 1.807) is 25.7 Å². The molecule has 2 N–H and O–H groups in total. The molecule has 7 nitrogen and oxygen atoms in total. The van der Waals surface area contributed by atoms with Crippen molar-refractivity contribution in [3.8, 4) is 0 Å². The summed E-state index contributed by atoms with van der Waals surface area (Å²) >= 11 is 0. The van der Waals surface area contributed by atoms with Gasteiger partial charge in [-0.3, -0.25) is 9.59 Å². The van der Waals surface area contributed by atoms with Gasteiger partial charge in [0.1, 0.15) is 17.7 Å². The molecular weight excluding hydrogens is 466 g/mol. The lowest BCUT2D eigenvalue weighted by molar-refractivity contribution is -0.142. The number of benzene rings is 2. The van der Waals surface area contributed by atoms with Gasteiger partial charge in [0.2, 0.25) is 11.8 Å². The molecule has 0 aliphatic heterocycles. The Labute approximate surface area is 222 Å². The summed E-state index contributed by atoms with van der Waals surface area (Å²) in [6, 6.07) is 13.5. The predicted octanol–water partition coefficient (Wildman–Crippen LogP) is 5.24. The lowest BCUT2D eigenvalue weighted by Gasteiger charge is -2.36. The van der Waals surface area contributed by atoms with Crippen molar-refractivity contribution in [1.82, 2.24) is 15.5 Å². The van der Waals surface area contributed by atoms with Crippen molar-refractivity contribution in [2.24, 2.45) is 0 Å². The second-order valence-electron chi connectivity index (χ2n) is 11.5. The summed E-state index contributed by atoms with van der Waals surface area (Å²) in [6.07, 6.45) is -0.421. The molecule has 2 aromatic rings. The first-order valence-electron chi connectivity index (χ1n) is 12.8. The number of likely N-dealkylation sites (N-methyl/N-ethyl adjacent to an activating group) is 1. The molecule has 0 radical (unpaired) electrons. The molecule has 0 heterocycles. The van der Waals surface area contributed by atoms with Crippen molar-refractivity contribution in [2.75, 3.05) is 6.54 Å². The van der Waals surface area contributed by atoms with Crippen LogP contribution in [0.1, 0.15) is 76.8 Å². The number of nitrogens with zero attached hydrogens (tertiary/aromatic N) is 1. The molecule has 0 saturated carbocycles. The third-order valence-corrected chi connectivity index (χ3v) is 5.67. The van der Waals surface area contributed by atoms with Crippen molar-refractivity contribution in [3.05, 3.63) is 70.8 Å². The maximum Gasteiger partial charge on any atom is 0.408 e. The first-order valence-corrected chi connectivity index (χ1v) is 12.8. The largest absolute Gasteiger partial charge is 0.444 e. The Balaban J connectivity index is 2.53. The SMILES string of the molecule is CCN(C(=O)C(Cc1ccccc1)NC(=O)OC(C)(C)C)C(C(=O)NC(C)(C)C)c1ccc(C)cc1C. The Morgan fingerprint density at radius 2 is 1.57 bits per heavy atom. The number of carbonyl (C=O) groups is 3. The normalized spacial score (nSPS) is 13.3. The molecule has 0 saturated heterocycles. The fraction of sp³-hybridized carbons (Fsp3) is 0.500. The van der Waals surface area contributed by atoms with E-state index in [0.717, 1.165) is 22.3 Å². The first kappa shape index (κ1) is 29.9. The van der Waals surface area contributed by atoms with Gasteiger partial charge in [0.15, 0.2) is 0 Å². The molecule has 2 atom stereocenters. The van der Waals surface area contributed by atoms with Gasteiger partial charge < -0.3 is 20.3 Å². The van der Waals surface area contributed by atoms with E-state index in [1.807, 2.05) is 90.1 Å². The van der Waals surface area contributed by atoms with Crippen LogP contribution in [0.15, 0.2) is 48.5 Å². The summed E-state index contributed by atoms with van der Waals surface area (Å²) in [6.45, 7) is 17.1. The van der Waals surface area contributed by atoms with Crippen LogP contribution in [0.4, 0.5) is 4.79 Å². The first-order chi connectivity index (χ1) is 17.1. The van der Waals surface area contributed by atoms with E-state index in [0.29, 0.717) is 0 Å². The van der Waals surface area contributed by atoms with E-state index in [1.165, 1.54) is 0 Å². The average molecular weight is 510 g/mol. The number of carbonyl (C=O) groups excluding carboxylic acids is 3. The van der Waals surface area contributed by atoms with E-state index < -0.39 is 29.3 Å². The summed E-state index contributed by atoms with van der Waals surface area (Å²) in [4.78, 5) is 42.1. The van der Waals surface area contributed by atoms with Gasteiger partial charge in [0.25, 0.3) is 0 Å². The Morgan fingerprint density at radius 1 is 0.946 bits per heavy atom. The van der Waals surface area contributed by atoms with Gasteiger partial charge >= 0.3 is 6.09 Å². The van der Waals surface area contributed by atoms with Gasteiger partial charge in [-0.1, -0.05) is 54.1 Å². The van der Waals surface area contributed by atoms with Gasteiger partial charge in [-0.15, -0.1) is 0 Å². The number of aryl methyl sites for hydroxylation is 2. The van der Waals surface area contributed by atoms with Crippen LogP contribution in [-0.2, 0) is 20.7 Å². The number of nitrogens with one attached hydrogen (secondary N) is 2. The highest BCUT2D eigenvalue weighted by molar-refractivity contribution is 5.92. The van der Waals surface area contributed by atoms with Crippen molar-refractivity contribution < 1.29 is 19.1 Å². The van der Waals surface area contributed by atoms with Gasteiger partial charge in [-0.25, -0.2) is 4.79 Å². The molecule has 202 valence electrons. The predicted molar refractivity (Wildman–Crippen MR) is 147 cm³/mol. The maximum atomic E-state index is 14.1. The van der Waals surface area contributed by atoms with Crippen LogP contribution in [-0.4, -0.2) is 46.5 Å². The zero-order valence-electron chi connectivity index (χ0n) is 23.8. The van der Waals surface area contributed by atoms with E-state index in [4.69, 9.17) is 4.74 Å². The van der Waals surface area contributed by atoms with Gasteiger partial charge in [-0.05, 0) is 79.0 Å². The van der Waals surface area contributed by atoms with Crippen LogP contribution in [0.25, 0.3) is 0 Å². The molecule has 0 aliphatic rings. The average Bonchev–Trinajstić information content (AvgIpc) is 2.75. The molecule has 2 unspecified atom stereocenters. The Morgan fingerprint density at radius 3 is 2.08 bits per heavy atom. The van der Waals surface area contributed by atoms with E-state index in [-0.39, 0.29) is 24.8 Å². The minimum absolute atomic E-state index is 0.260.